The first-order chi connectivity index (χ1) is 18.6. The summed E-state index contributed by atoms with van der Waals surface area (Å²) in [5, 5.41) is 0. The third-order valence-corrected chi connectivity index (χ3v) is 6.98. The molecule has 39 heavy (non-hydrogen) atoms. The number of nitrogens with zero attached hydrogens (tertiary/aromatic N) is 1. The van der Waals surface area contributed by atoms with Crippen molar-refractivity contribution in [3.8, 4) is 17.2 Å². The van der Waals surface area contributed by atoms with Crippen molar-refractivity contribution in [1.82, 2.24) is 4.98 Å². The molecule has 0 aliphatic carbocycles. The minimum atomic E-state index is -0.461. The number of methoxy groups -OCH3 is 1. The molecule has 1 atom stereocenters. The minimum absolute atomic E-state index is 0.232. The first-order valence-electron chi connectivity index (χ1n) is 13.2. The normalized spacial score (nSPS) is 16.7. The lowest BCUT2D eigenvalue weighted by Crippen LogP contribution is -2.41. The van der Waals surface area contributed by atoms with Crippen molar-refractivity contribution in [2.45, 2.75) is 78.2 Å². The Morgan fingerprint density at radius 1 is 0.897 bits per heavy atom. The first kappa shape index (κ1) is 29.0. The molecule has 0 N–H and O–H groups in total. The first-order valence-corrected chi connectivity index (χ1v) is 13.2. The molecule has 9 heteroatoms. The van der Waals surface area contributed by atoms with Gasteiger partial charge in [-0.25, -0.2) is 4.39 Å². The molecule has 1 aliphatic rings. The van der Waals surface area contributed by atoms with Crippen LogP contribution in [0.3, 0.4) is 0 Å². The summed E-state index contributed by atoms with van der Waals surface area (Å²) < 4.78 is 49.3. The predicted octanol–water partition coefficient (Wildman–Crippen LogP) is 6.18. The van der Waals surface area contributed by atoms with E-state index in [2.05, 4.69) is 11.9 Å². The molecular weight excluding hydrogens is 500 g/mol. The van der Waals surface area contributed by atoms with E-state index >= 15 is 0 Å². The summed E-state index contributed by atoms with van der Waals surface area (Å²) >= 11 is 0. The largest absolute Gasteiger partial charge is 0.494 e. The second kappa shape index (κ2) is 12.5. The van der Waals surface area contributed by atoms with E-state index in [1.54, 1.807) is 31.5 Å². The Bertz CT molecular complexity index is 1200. The number of hydrogen-bond donors (Lipinski definition) is 0. The molecule has 0 saturated carbocycles. The third kappa shape index (κ3) is 7.57. The number of benzene rings is 2. The van der Waals surface area contributed by atoms with Gasteiger partial charge in [0.25, 0.3) is 0 Å². The maximum atomic E-state index is 14.3. The van der Waals surface area contributed by atoms with Crippen LogP contribution in [0, 0.1) is 5.82 Å². The highest BCUT2D eigenvalue weighted by Gasteiger charge is 2.51. The molecule has 1 aromatic heterocycles. The van der Waals surface area contributed by atoms with Gasteiger partial charge in [-0.2, -0.15) is 0 Å². The molecule has 208 valence electrons. The van der Waals surface area contributed by atoms with Gasteiger partial charge in [0.2, 0.25) is 0 Å². The van der Waals surface area contributed by atoms with Crippen molar-refractivity contribution >= 4 is 12.6 Å². The predicted molar refractivity (Wildman–Crippen MR) is 148 cm³/mol. The minimum Gasteiger partial charge on any atom is -0.489 e. The van der Waals surface area contributed by atoms with Crippen LogP contribution in [-0.2, 0) is 32.0 Å². The van der Waals surface area contributed by atoms with E-state index in [-0.39, 0.29) is 12.9 Å². The van der Waals surface area contributed by atoms with Crippen LogP contribution in [0.15, 0.2) is 60.8 Å². The van der Waals surface area contributed by atoms with Crippen LogP contribution in [0.5, 0.6) is 17.2 Å². The van der Waals surface area contributed by atoms with Crippen molar-refractivity contribution in [2.75, 3.05) is 7.11 Å². The van der Waals surface area contributed by atoms with Gasteiger partial charge >= 0.3 is 7.12 Å². The van der Waals surface area contributed by atoms with Crippen LogP contribution < -0.4 is 14.9 Å². The summed E-state index contributed by atoms with van der Waals surface area (Å²) in [7, 11) is 1.17. The Balaban J connectivity index is 1.32. The van der Waals surface area contributed by atoms with Crippen LogP contribution in [-0.4, -0.2) is 36.7 Å². The highest BCUT2D eigenvalue weighted by Crippen LogP contribution is 2.36. The van der Waals surface area contributed by atoms with E-state index < -0.39 is 24.1 Å². The monoisotopic (exact) mass is 537 g/mol. The lowest BCUT2D eigenvalue weighted by atomic mass is 9.79. The van der Waals surface area contributed by atoms with E-state index in [0.29, 0.717) is 23.9 Å². The SMILES string of the molecule is CCCC(OC)OCc1ccc(COc2cc(F)cc(Oc3ccc(B4OC(C)(C)C(C)(C)O4)cc3)c2)cn1. The second-order valence-electron chi connectivity index (χ2n) is 10.6. The van der Waals surface area contributed by atoms with Gasteiger partial charge in [0.1, 0.15) is 29.7 Å². The van der Waals surface area contributed by atoms with E-state index in [9.17, 15) is 4.39 Å². The lowest BCUT2D eigenvalue weighted by molar-refractivity contribution is -0.135. The fourth-order valence-corrected chi connectivity index (χ4v) is 3.96. The summed E-state index contributed by atoms with van der Waals surface area (Å²) in [4.78, 5) is 4.42. The van der Waals surface area contributed by atoms with Crippen molar-refractivity contribution < 1.29 is 32.6 Å². The van der Waals surface area contributed by atoms with E-state index in [1.807, 2.05) is 52.0 Å². The fraction of sp³-hybridized carbons (Fsp3) is 0.433. The Hall–Kier alpha value is -2.98. The summed E-state index contributed by atoms with van der Waals surface area (Å²) in [6.45, 7) is 10.7. The number of pyridine rings is 1. The van der Waals surface area contributed by atoms with Gasteiger partial charge in [-0.1, -0.05) is 31.5 Å². The zero-order valence-electron chi connectivity index (χ0n) is 23.5. The Kier molecular flexibility index (Phi) is 9.28. The molecule has 0 radical (unpaired) electrons. The average molecular weight is 537 g/mol. The van der Waals surface area contributed by atoms with Crippen molar-refractivity contribution in [2.24, 2.45) is 0 Å². The van der Waals surface area contributed by atoms with Gasteiger partial charge < -0.3 is 28.3 Å². The van der Waals surface area contributed by atoms with Crippen LogP contribution in [0.4, 0.5) is 4.39 Å². The maximum absolute atomic E-state index is 14.3. The molecule has 2 heterocycles. The van der Waals surface area contributed by atoms with Gasteiger partial charge in [-0.15, -0.1) is 0 Å². The Morgan fingerprint density at radius 3 is 2.21 bits per heavy atom. The molecular formula is C30H37BFNO6. The summed E-state index contributed by atoms with van der Waals surface area (Å²) in [5.74, 6) is 0.790. The fourth-order valence-electron chi connectivity index (χ4n) is 3.96. The van der Waals surface area contributed by atoms with Crippen LogP contribution >= 0.6 is 0 Å². The molecule has 3 aromatic rings. The number of halogens is 1. The Labute approximate surface area is 230 Å². The van der Waals surface area contributed by atoms with E-state index in [1.165, 1.54) is 12.1 Å². The van der Waals surface area contributed by atoms with Gasteiger partial charge in [0.15, 0.2) is 6.29 Å². The van der Waals surface area contributed by atoms with Crippen molar-refractivity contribution in [1.29, 1.82) is 0 Å². The standard InChI is InChI=1S/C30H37BFNO6/c1-7-8-28(34-6)36-20-24-12-9-21(18-33-24)19-35-26-15-23(32)16-27(17-26)37-25-13-10-22(11-14-25)31-38-29(2,3)30(4,5)39-31/h9-18,28H,7-8,19-20H2,1-6H3. The molecule has 1 unspecified atom stereocenters. The highest BCUT2D eigenvalue weighted by molar-refractivity contribution is 6.62. The van der Waals surface area contributed by atoms with E-state index in [4.69, 9.17) is 28.3 Å². The van der Waals surface area contributed by atoms with Gasteiger partial charge in [-0.3, -0.25) is 4.98 Å². The summed E-state index contributed by atoms with van der Waals surface area (Å²) in [6, 6.07) is 15.5. The second-order valence-corrected chi connectivity index (χ2v) is 10.6. The van der Waals surface area contributed by atoms with Gasteiger partial charge in [0.05, 0.1) is 23.5 Å². The zero-order valence-corrected chi connectivity index (χ0v) is 23.5. The lowest BCUT2D eigenvalue weighted by Gasteiger charge is -2.32. The quantitative estimate of drug-likeness (QED) is 0.202. The average Bonchev–Trinajstić information content (AvgIpc) is 3.12. The molecule has 0 amide bonds. The maximum Gasteiger partial charge on any atom is 0.494 e. The zero-order chi connectivity index (χ0) is 28.0. The number of hydrogen-bond acceptors (Lipinski definition) is 7. The topological polar surface area (TPSA) is 68.3 Å². The number of ether oxygens (including phenoxy) is 4. The molecule has 2 aromatic carbocycles. The molecule has 0 bridgehead atoms. The Morgan fingerprint density at radius 2 is 1.59 bits per heavy atom. The summed E-state index contributed by atoms with van der Waals surface area (Å²) in [5.41, 5.74) is 1.69. The smallest absolute Gasteiger partial charge is 0.489 e. The van der Waals surface area contributed by atoms with Crippen LogP contribution in [0.25, 0.3) is 0 Å². The van der Waals surface area contributed by atoms with Crippen molar-refractivity contribution in [3.05, 3.63) is 77.9 Å². The van der Waals surface area contributed by atoms with Crippen LogP contribution in [0.2, 0.25) is 0 Å². The molecule has 0 spiro atoms. The van der Waals surface area contributed by atoms with E-state index in [0.717, 1.165) is 29.6 Å². The van der Waals surface area contributed by atoms with Crippen molar-refractivity contribution in [3.63, 3.8) is 0 Å². The number of rotatable bonds is 12. The molecule has 1 fully saturated rings. The van der Waals surface area contributed by atoms with Gasteiger partial charge in [-0.05, 0) is 57.8 Å². The molecule has 1 saturated heterocycles. The number of aromatic nitrogens is 1. The molecule has 1 aliphatic heterocycles. The molecule has 7 nitrogen and oxygen atoms in total. The highest BCUT2D eigenvalue weighted by atomic mass is 19.1. The molecule has 4 rings (SSSR count). The van der Waals surface area contributed by atoms with Gasteiger partial charge in [0, 0.05) is 37.1 Å². The summed E-state index contributed by atoms with van der Waals surface area (Å²) in [6.07, 6.45) is 3.29. The third-order valence-electron chi connectivity index (χ3n) is 6.98. The van der Waals surface area contributed by atoms with Crippen LogP contribution in [0.1, 0.15) is 58.7 Å².